The monoisotopic (exact) mass is 223 g/mol. The molecule has 2 rings (SSSR count). The van der Waals surface area contributed by atoms with E-state index < -0.39 is 5.97 Å². The fourth-order valence-electron chi connectivity index (χ4n) is 2.81. The topological polar surface area (TPSA) is 55.4 Å². The van der Waals surface area contributed by atoms with E-state index in [4.69, 9.17) is 4.84 Å². The Labute approximate surface area is 95.0 Å². The Balaban J connectivity index is 2.33. The number of nitrogens with one attached hydrogen (secondary N) is 1. The minimum absolute atomic E-state index is 0.0694. The van der Waals surface area contributed by atoms with Gasteiger partial charge in [-0.25, -0.2) is 5.48 Å². The van der Waals surface area contributed by atoms with Crippen molar-refractivity contribution in [2.24, 2.45) is 10.8 Å². The van der Waals surface area contributed by atoms with Crippen LogP contribution in [0.4, 0.5) is 0 Å². The fraction of sp³-hybridized carbons (Fsp3) is 0.667. The zero-order chi connectivity index (χ0) is 12.1. The van der Waals surface area contributed by atoms with Gasteiger partial charge in [-0.2, -0.15) is 0 Å². The van der Waals surface area contributed by atoms with E-state index in [-0.39, 0.29) is 16.6 Å². The molecule has 16 heavy (non-hydrogen) atoms. The van der Waals surface area contributed by atoms with Gasteiger partial charge in [0.05, 0.1) is 0 Å². The molecule has 2 aliphatic rings. The third-order valence-corrected chi connectivity index (χ3v) is 4.34. The number of ketones is 1. The van der Waals surface area contributed by atoms with Crippen molar-refractivity contribution >= 4 is 11.8 Å². The second-order valence-corrected chi connectivity index (χ2v) is 5.34. The normalized spacial score (nSPS) is 30.9. The van der Waals surface area contributed by atoms with Gasteiger partial charge in [0, 0.05) is 17.8 Å². The van der Waals surface area contributed by atoms with Crippen molar-refractivity contribution < 1.29 is 14.4 Å². The van der Waals surface area contributed by atoms with E-state index >= 15 is 0 Å². The van der Waals surface area contributed by atoms with Gasteiger partial charge in [0.25, 0.3) is 0 Å². The Bertz CT molecular complexity index is 408. The minimum Gasteiger partial charge on any atom is -0.344 e. The van der Waals surface area contributed by atoms with Crippen LogP contribution < -0.4 is 5.48 Å². The molecule has 1 N–H and O–H groups in total. The molecular formula is C12H17NO3. The molecule has 0 radical (unpaired) electrons. The summed E-state index contributed by atoms with van der Waals surface area (Å²) in [6.45, 7) is 7.46. The largest absolute Gasteiger partial charge is 0.344 e. The van der Waals surface area contributed by atoms with Gasteiger partial charge in [0.1, 0.15) is 5.70 Å². The maximum absolute atomic E-state index is 12.2. The molecule has 0 aromatic rings. The van der Waals surface area contributed by atoms with Gasteiger partial charge in [0.2, 0.25) is 0 Å². The number of hydroxylamine groups is 1. The highest BCUT2D eigenvalue weighted by molar-refractivity contribution is 6.05. The molecule has 1 atom stereocenters. The molecule has 1 saturated carbocycles. The van der Waals surface area contributed by atoms with Crippen molar-refractivity contribution in [2.75, 3.05) is 0 Å². The number of Topliss-reactive ketones (excluding diaryl/α,β-unsaturated/α-hetero) is 1. The average Bonchev–Trinajstić information content (AvgIpc) is 2.47. The van der Waals surface area contributed by atoms with E-state index in [9.17, 15) is 9.59 Å². The first kappa shape index (κ1) is 11.2. The molecule has 0 aromatic carbocycles. The van der Waals surface area contributed by atoms with E-state index in [2.05, 4.69) is 19.3 Å². The lowest BCUT2D eigenvalue weighted by molar-refractivity contribution is -0.147. The van der Waals surface area contributed by atoms with E-state index in [1.807, 2.05) is 6.92 Å². The van der Waals surface area contributed by atoms with Crippen molar-refractivity contribution in [2.45, 2.75) is 40.5 Å². The van der Waals surface area contributed by atoms with Gasteiger partial charge in [-0.3, -0.25) is 9.59 Å². The summed E-state index contributed by atoms with van der Waals surface area (Å²) in [6.07, 6.45) is 1.79. The summed E-state index contributed by atoms with van der Waals surface area (Å²) in [5, 5.41) is 0. The molecule has 1 fully saturated rings. The molecule has 4 nitrogen and oxygen atoms in total. The van der Waals surface area contributed by atoms with Gasteiger partial charge >= 0.3 is 5.97 Å². The first-order chi connectivity index (χ1) is 7.30. The summed E-state index contributed by atoms with van der Waals surface area (Å²) in [6, 6.07) is 0. The second-order valence-electron chi connectivity index (χ2n) is 5.34. The Morgan fingerprint density at radius 1 is 1.38 bits per heavy atom. The maximum atomic E-state index is 12.2. The summed E-state index contributed by atoms with van der Waals surface area (Å²) < 4.78 is 0. The highest BCUT2D eigenvalue weighted by Crippen LogP contribution is 2.62. The molecule has 0 heterocycles. The first-order valence-corrected chi connectivity index (χ1v) is 5.52. The number of allylic oxidation sites excluding steroid dienone is 2. The zero-order valence-electron chi connectivity index (χ0n) is 10.1. The van der Waals surface area contributed by atoms with E-state index in [1.165, 1.54) is 6.92 Å². The van der Waals surface area contributed by atoms with Crippen LogP contribution in [0.25, 0.3) is 0 Å². The Kier molecular flexibility index (Phi) is 2.16. The Morgan fingerprint density at radius 2 is 2.00 bits per heavy atom. The molecule has 0 aliphatic heterocycles. The van der Waals surface area contributed by atoms with Crippen LogP contribution in [0.5, 0.6) is 0 Å². The molecule has 0 spiro atoms. The fourth-order valence-corrected chi connectivity index (χ4v) is 2.81. The number of carbonyl (C=O) groups excluding carboxylic acids is 2. The third-order valence-electron chi connectivity index (χ3n) is 4.34. The van der Waals surface area contributed by atoms with Gasteiger partial charge < -0.3 is 4.84 Å². The Hall–Kier alpha value is -1.32. The SMILES string of the molecule is CC(=O)ONC1=C2CCC(C)(C1=O)C2(C)C. The number of hydrogen-bond acceptors (Lipinski definition) is 4. The molecule has 88 valence electrons. The van der Waals surface area contributed by atoms with Crippen LogP contribution in [0, 0.1) is 10.8 Å². The summed E-state index contributed by atoms with van der Waals surface area (Å²) in [7, 11) is 0. The van der Waals surface area contributed by atoms with Crippen LogP contribution in [0.15, 0.2) is 11.3 Å². The van der Waals surface area contributed by atoms with Gasteiger partial charge in [-0.05, 0) is 18.4 Å². The zero-order valence-corrected chi connectivity index (χ0v) is 10.1. The lowest BCUT2D eigenvalue weighted by Crippen LogP contribution is -2.36. The van der Waals surface area contributed by atoms with Crippen molar-refractivity contribution in [3.8, 4) is 0 Å². The summed E-state index contributed by atoms with van der Waals surface area (Å²) in [4.78, 5) is 27.7. The quantitative estimate of drug-likeness (QED) is 0.724. The van der Waals surface area contributed by atoms with Crippen molar-refractivity contribution in [3.63, 3.8) is 0 Å². The minimum atomic E-state index is -0.438. The predicted octanol–water partition coefficient (Wildman–Crippen LogP) is 1.72. The highest BCUT2D eigenvalue weighted by atomic mass is 16.7. The van der Waals surface area contributed by atoms with Crippen LogP contribution in [-0.4, -0.2) is 11.8 Å². The standard InChI is InChI=1S/C12H17NO3/c1-7(14)16-13-9-8-5-6-12(4,10(9)15)11(8,2)3/h13H,5-6H2,1-4H3. The second kappa shape index (κ2) is 3.09. The van der Waals surface area contributed by atoms with Gasteiger partial charge in [-0.15, -0.1) is 0 Å². The Morgan fingerprint density at radius 3 is 2.44 bits per heavy atom. The molecule has 1 unspecified atom stereocenters. The molecule has 0 aromatic heterocycles. The summed E-state index contributed by atoms with van der Waals surface area (Å²) in [5.74, 6) is -0.369. The lowest BCUT2D eigenvalue weighted by Gasteiger charge is -2.31. The van der Waals surface area contributed by atoms with Crippen molar-refractivity contribution in [3.05, 3.63) is 11.3 Å². The molecular weight excluding hydrogens is 206 g/mol. The van der Waals surface area contributed by atoms with E-state index in [1.54, 1.807) is 0 Å². The molecule has 0 saturated heterocycles. The number of hydrogen-bond donors (Lipinski definition) is 1. The lowest BCUT2D eigenvalue weighted by atomic mass is 9.70. The first-order valence-electron chi connectivity index (χ1n) is 5.52. The van der Waals surface area contributed by atoms with Crippen molar-refractivity contribution in [1.82, 2.24) is 5.48 Å². The number of fused-ring (bicyclic) bond motifs is 2. The molecule has 0 amide bonds. The third kappa shape index (κ3) is 1.16. The number of carbonyl (C=O) groups is 2. The van der Waals surface area contributed by atoms with Crippen LogP contribution >= 0.6 is 0 Å². The van der Waals surface area contributed by atoms with Crippen molar-refractivity contribution in [1.29, 1.82) is 0 Å². The smallest absolute Gasteiger partial charge is 0.329 e. The van der Waals surface area contributed by atoms with Crippen LogP contribution in [0.3, 0.4) is 0 Å². The maximum Gasteiger partial charge on any atom is 0.329 e. The van der Waals surface area contributed by atoms with E-state index in [0.29, 0.717) is 5.70 Å². The van der Waals surface area contributed by atoms with Gasteiger partial charge in [-0.1, -0.05) is 20.8 Å². The molecule has 2 bridgehead atoms. The summed E-state index contributed by atoms with van der Waals surface area (Å²) >= 11 is 0. The molecule has 2 aliphatic carbocycles. The number of rotatable bonds is 2. The highest BCUT2D eigenvalue weighted by Gasteiger charge is 2.60. The van der Waals surface area contributed by atoms with Crippen LogP contribution in [-0.2, 0) is 14.4 Å². The van der Waals surface area contributed by atoms with Gasteiger partial charge in [0.15, 0.2) is 5.78 Å². The predicted molar refractivity (Wildman–Crippen MR) is 58.1 cm³/mol. The van der Waals surface area contributed by atoms with Crippen LogP contribution in [0.1, 0.15) is 40.5 Å². The average molecular weight is 223 g/mol. The summed E-state index contributed by atoms with van der Waals surface area (Å²) in [5.41, 5.74) is 3.63. The van der Waals surface area contributed by atoms with Crippen LogP contribution in [0.2, 0.25) is 0 Å². The van der Waals surface area contributed by atoms with E-state index in [0.717, 1.165) is 18.4 Å². The molecule has 4 heteroatoms.